The monoisotopic (exact) mass is 248 g/mol. The Morgan fingerprint density at radius 3 is 2.50 bits per heavy atom. The van der Waals surface area contributed by atoms with Crippen LogP contribution in [0.15, 0.2) is 18.2 Å². The molecule has 0 amide bonds. The highest BCUT2D eigenvalue weighted by Crippen LogP contribution is 2.16. The van der Waals surface area contributed by atoms with E-state index in [-0.39, 0.29) is 6.10 Å². The summed E-state index contributed by atoms with van der Waals surface area (Å²) < 4.78 is 0. The highest BCUT2D eigenvalue weighted by Gasteiger charge is 2.07. The standard InChI is InChI=1S/C17H28O/c1-4-5-6-7-8-9-17(18)13-16-12-14(2)10-11-15(16)3/h10-12,17-18H,4-9,13H2,1-3H3. The molecule has 0 aliphatic rings. The topological polar surface area (TPSA) is 20.2 Å². The highest BCUT2D eigenvalue weighted by molar-refractivity contribution is 5.30. The molecule has 1 unspecified atom stereocenters. The van der Waals surface area contributed by atoms with E-state index in [1.54, 1.807) is 0 Å². The van der Waals surface area contributed by atoms with Gasteiger partial charge in [0.1, 0.15) is 0 Å². The number of aliphatic hydroxyl groups excluding tert-OH is 1. The minimum absolute atomic E-state index is 0.174. The van der Waals surface area contributed by atoms with Crippen molar-refractivity contribution in [3.63, 3.8) is 0 Å². The number of unbranched alkanes of at least 4 members (excludes halogenated alkanes) is 4. The van der Waals surface area contributed by atoms with E-state index in [0.29, 0.717) is 0 Å². The third-order valence-electron chi connectivity index (χ3n) is 3.60. The Labute approximate surface area is 112 Å². The summed E-state index contributed by atoms with van der Waals surface area (Å²) in [7, 11) is 0. The van der Waals surface area contributed by atoms with Crippen LogP contribution in [0.3, 0.4) is 0 Å². The molecule has 1 aromatic rings. The fraction of sp³-hybridized carbons (Fsp3) is 0.647. The Bertz CT molecular complexity index is 343. The number of hydrogen-bond acceptors (Lipinski definition) is 1. The van der Waals surface area contributed by atoms with Gasteiger partial charge in [0, 0.05) is 0 Å². The van der Waals surface area contributed by atoms with Gasteiger partial charge in [-0.15, -0.1) is 0 Å². The zero-order valence-electron chi connectivity index (χ0n) is 12.2. The van der Waals surface area contributed by atoms with Crippen LogP contribution >= 0.6 is 0 Å². The fourth-order valence-electron chi connectivity index (χ4n) is 2.36. The molecule has 1 N–H and O–H groups in total. The lowest BCUT2D eigenvalue weighted by atomic mass is 9.97. The fourth-order valence-corrected chi connectivity index (χ4v) is 2.36. The van der Waals surface area contributed by atoms with Gasteiger partial charge in [0.2, 0.25) is 0 Å². The maximum atomic E-state index is 10.1. The molecule has 0 bridgehead atoms. The lowest BCUT2D eigenvalue weighted by Gasteiger charge is -2.13. The van der Waals surface area contributed by atoms with Gasteiger partial charge in [-0.1, -0.05) is 62.8 Å². The number of benzene rings is 1. The number of rotatable bonds is 8. The average Bonchev–Trinajstić information content (AvgIpc) is 2.33. The molecule has 0 aliphatic heterocycles. The Hall–Kier alpha value is -0.820. The summed E-state index contributed by atoms with van der Waals surface area (Å²) in [6.45, 7) is 6.47. The van der Waals surface area contributed by atoms with E-state index in [2.05, 4.69) is 39.0 Å². The van der Waals surface area contributed by atoms with Gasteiger partial charge in [0.25, 0.3) is 0 Å². The smallest absolute Gasteiger partial charge is 0.0580 e. The van der Waals surface area contributed by atoms with E-state index >= 15 is 0 Å². The molecule has 0 aliphatic carbocycles. The van der Waals surface area contributed by atoms with Crippen LogP contribution in [0.5, 0.6) is 0 Å². The van der Waals surface area contributed by atoms with E-state index in [1.165, 1.54) is 42.4 Å². The van der Waals surface area contributed by atoms with Crippen molar-refractivity contribution in [3.8, 4) is 0 Å². The first-order valence-electron chi connectivity index (χ1n) is 7.37. The minimum Gasteiger partial charge on any atom is -0.393 e. The zero-order valence-corrected chi connectivity index (χ0v) is 12.2. The molecule has 0 heterocycles. The summed E-state index contributed by atoms with van der Waals surface area (Å²) >= 11 is 0. The molecule has 1 atom stereocenters. The van der Waals surface area contributed by atoms with Crippen LogP contribution in [0.4, 0.5) is 0 Å². The van der Waals surface area contributed by atoms with Crippen molar-refractivity contribution in [3.05, 3.63) is 34.9 Å². The summed E-state index contributed by atoms with van der Waals surface area (Å²) in [6.07, 6.45) is 7.92. The maximum Gasteiger partial charge on any atom is 0.0580 e. The third kappa shape index (κ3) is 5.68. The first-order chi connectivity index (χ1) is 8.63. The number of aliphatic hydroxyl groups is 1. The Balaban J connectivity index is 2.30. The average molecular weight is 248 g/mol. The van der Waals surface area contributed by atoms with Crippen molar-refractivity contribution >= 4 is 0 Å². The summed E-state index contributed by atoms with van der Waals surface area (Å²) in [6, 6.07) is 6.49. The van der Waals surface area contributed by atoms with Crippen molar-refractivity contribution in [2.24, 2.45) is 0 Å². The molecule has 102 valence electrons. The van der Waals surface area contributed by atoms with Gasteiger partial charge < -0.3 is 5.11 Å². The molecule has 0 fully saturated rings. The van der Waals surface area contributed by atoms with Gasteiger partial charge in [-0.25, -0.2) is 0 Å². The maximum absolute atomic E-state index is 10.1. The van der Waals surface area contributed by atoms with E-state index < -0.39 is 0 Å². The van der Waals surface area contributed by atoms with E-state index in [0.717, 1.165) is 19.3 Å². The molecule has 1 nitrogen and oxygen atoms in total. The summed E-state index contributed by atoms with van der Waals surface area (Å²) in [5, 5.41) is 10.1. The molecule has 0 aromatic heterocycles. The largest absolute Gasteiger partial charge is 0.393 e. The molecule has 1 heteroatoms. The minimum atomic E-state index is -0.174. The summed E-state index contributed by atoms with van der Waals surface area (Å²) in [4.78, 5) is 0. The van der Waals surface area contributed by atoms with Crippen LogP contribution in [0.25, 0.3) is 0 Å². The van der Waals surface area contributed by atoms with Crippen molar-refractivity contribution in [2.45, 2.75) is 71.8 Å². The predicted octanol–water partition coefficient (Wildman–Crippen LogP) is 4.57. The van der Waals surface area contributed by atoms with Crippen LogP contribution in [0.1, 0.15) is 62.1 Å². The Morgan fingerprint density at radius 1 is 1.06 bits per heavy atom. The van der Waals surface area contributed by atoms with Crippen molar-refractivity contribution < 1.29 is 5.11 Å². The predicted molar refractivity (Wildman–Crippen MR) is 79.0 cm³/mol. The quantitative estimate of drug-likeness (QED) is 0.668. The van der Waals surface area contributed by atoms with Gasteiger partial charge in [-0.2, -0.15) is 0 Å². The molecular formula is C17H28O. The first-order valence-corrected chi connectivity index (χ1v) is 7.37. The molecule has 1 rings (SSSR count). The normalized spacial score (nSPS) is 12.7. The third-order valence-corrected chi connectivity index (χ3v) is 3.60. The Kier molecular flexibility index (Phi) is 7.04. The summed E-state index contributed by atoms with van der Waals surface area (Å²) in [5.74, 6) is 0. The molecular weight excluding hydrogens is 220 g/mol. The second kappa shape index (κ2) is 8.31. The van der Waals surface area contributed by atoms with Gasteiger partial charge >= 0.3 is 0 Å². The van der Waals surface area contributed by atoms with E-state index in [9.17, 15) is 5.11 Å². The molecule has 0 saturated heterocycles. The Morgan fingerprint density at radius 2 is 1.78 bits per heavy atom. The number of aryl methyl sites for hydroxylation is 2. The van der Waals surface area contributed by atoms with E-state index in [1.807, 2.05) is 0 Å². The first kappa shape index (κ1) is 15.2. The van der Waals surface area contributed by atoms with E-state index in [4.69, 9.17) is 0 Å². The van der Waals surface area contributed by atoms with Gasteiger partial charge in [0.15, 0.2) is 0 Å². The lowest BCUT2D eigenvalue weighted by molar-refractivity contribution is 0.160. The molecule has 1 aromatic carbocycles. The number of hydrogen-bond donors (Lipinski definition) is 1. The highest BCUT2D eigenvalue weighted by atomic mass is 16.3. The second-order valence-corrected chi connectivity index (χ2v) is 5.49. The van der Waals surface area contributed by atoms with Crippen molar-refractivity contribution in [1.82, 2.24) is 0 Å². The van der Waals surface area contributed by atoms with Gasteiger partial charge in [-0.05, 0) is 37.8 Å². The van der Waals surface area contributed by atoms with Crippen molar-refractivity contribution in [2.75, 3.05) is 0 Å². The van der Waals surface area contributed by atoms with Crippen LogP contribution in [0, 0.1) is 13.8 Å². The lowest BCUT2D eigenvalue weighted by Crippen LogP contribution is -2.11. The zero-order chi connectivity index (χ0) is 13.4. The van der Waals surface area contributed by atoms with Gasteiger partial charge in [0.05, 0.1) is 6.10 Å². The molecule has 0 radical (unpaired) electrons. The molecule has 0 saturated carbocycles. The van der Waals surface area contributed by atoms with Crippen LogP contribution in [-0.2, 0) is 6.42 Å². The van der Waals surface area contributed by atoms with Crippen LogP contribution in [-0.4, -0.2) is 11.2 Å². The molecule has 18 heavy (non-hydrogen) atoms. The summed E-state index contributed by atoms with van der Waals surface area (Å²) in [5.41, 5.74) is 3.88. The van der Waals surface area contributed by atoms with Gasteiger partial charge in [-0.3, -0.25) is 0 Å². The SMILES string of the molecule is CCCCCCCC(O)Cc1cc(C)ccc1C. The second-order valence-electron chi connectivity index (χ2n) is 5.49. The van der Waals surface area contributed by atoms with Crippen LogP contribution in [0.2, 0.25) is 0 Å². The molecule has 0 spiro atoms. The van der Waals surface area contributed by atoms with Crippen LogP contribution < -0.4 is 0 Å². The van der Waals surface area contributed by atoms with Crippen molar-refractivity contribution in [1.29, 1.82) is 0 Å².